The van der Waals surface area contributed by atoms with Gasteiger partial charge in [-0.15, -0.1) is 12.4 Å². The fourth-order valence-corrected chi connectivity index (χ4v) is 2.08. The fraction of sp³-hybridized carbons (Fsp3) is 0.538. The van der Waals surface area contributed by atoms with E-state index in [-0.39, 0.29) is 12.4 Å². The van der Waals surface area contributed by atoms with E-state index < -0.39 is 0 Å². The lowest BCUT2D eigenvalue weighted by molar-refractivity contribution is 0.647. The Balaban J connectivity index is 0.00000112. The molecular weight excluding hydrogens is 206 g/mol. The van der Waals surface area contributed by atoms with Gasteiger partial charge in [0.25, 0.3) is 0 Å². The zero-order valence-corrected chi connectivity index (χ0v) is 10.3. The molecule has 1 unspecified atom stereocenters. The van der Waals surface area contributed by atoms with Gasteiger partial charge < -0.3 is 5.32 Å². The van der Waals surface area contributed by atoms with Crippen LogP contribution in [-0.4, -0.2) is 6.54 Å². The second-order valence-corrected chi connectivity index (χ2v) is 4.47. The molecule has 0 radical (unpaired) electrons. The van der Waals surface area contributed by atoms with Crippen LogP contribution in [0, 0.1) is 0 Å². The van der Waals surface area contributed by atoms with Gasteiger partial charge in [-0.2, -0.15) is 0 Å². The molecule has 0 aromatic heterocycles. The second-order valence-electron chi connectivity index (χ2n) is 4.47. The molecule has 1 aliphatic rings. The van der Waals surface area contributed by atoms with Crippen molar-refractivity contribution in [2.45, 2.75) is 38.6 Å². The lowest BCUT2D eigenvalue weighted by atomic mass is 9.98. The first kappa shape index (κ1) is 12.5. The summed E-state index contributed by atoms with van der Waals surface area (Å²) in [4.78, 5) is 0. The minimum Gasteiger partial charge on any atom is -0.310 e. The zero-order chi connectivity index (χ0) is 9.97. The highest BCUT2D eigenvalue weighted by Gasteiger charge is 2.15. The Morgan fingerprint density at radius 3 is 2.33 bits per heavy atom. The van der Waals surface area contributed by atoms with E-state index in [2.05, 4.69) is 43.4 Å². The van der Waals surface area contributed by atoms with Gasteiger partial charge in [0.2, 0.25) is 0 Å². The van der Waals surface area contributed by atoms with Gasteiger partial charge in [0.15, 0.2) is 0 Å². The van der Waals surface area contributed by atoms with Gasteiger partial charge in [-0.3, -0.25) is 0 Å². The summed E-state index contributed by atoms with van der Waals surface area (Å²) in [5.41, 5.74) is 2.89. The molecule has 0 saturated carbocycles. The van der Waals surface area contributed by atoms with E-state index in [4.69, 9.17) is 0 Å². The van der Waals surface area contributed by atoms with Crippen LogP contribution in [0.4, 0.5) is 0 Å². The van der Waals surface area contributed by atoms with E-state index in [1.54, 1.807) is 0 Å². The Kier molecular flexibility index (Phi) is 4.62. The number of benzene rings is 1. The third-order valence-electron chi connectivity index (χ3n) is 3.07. The van der Waals surface area contributed by atoms with Crippen LogP contribution in [0.5, 0.6) is 0 Å². The van der Waals surface area contributed by atoms with E-state index in [1.807, 2.05) is 0 Å². The molecule has 1 fully saturated rings. The average Bonchev–Trinajstić information content (AvgIpc) is 2.71. The molecule has 1 saturated heterocycles. The second kappa shape index (κ2) is 5.53. The van der Waals surface area contributed by atoms with Crippen LogP contribution in [0.15, 0.2) is 24.3 Å². The number of hydrogen-bond donors (Lipinski definition) is 1. The van der Waals surface area contributed by atoms with Crippen LogP contribution >= 0.6 is 12.4 Å². The number of rotatable bonds is 2. The van der Waals surface area contributed by atoms with Crippen LogP contribution in [0.3, 0.4) is 0 Å². The summed E-state index contributed by atoms with van der Waals surface area (Å²) in [6.07, 6.45) is 2.61. The Bertz CT molecular complexity index is 286. The molecule has 0 amide bonds. The predicted octanol–water partition coefficient (Wildman–Crippen LogP) is 3.66. The summed E-state index contributed by atoms with van der Waals surface area (Å²) < 4.78 is 0. The predicted molar refractivity (Wildman–Crippen MR) is 67.8 cm³/mol. The van der Waals surface area contributed by atoms with E-state index >= 15 is 0 Å². The molecule has 2 heteroatoms. The Hall–Kier alpha value is -0.530. The summed E-state index contributed by atoms with van der Waals surface area (Å²) in [7, 11) is 0. The highest BCUT2D eigenvalue weighted by molar-refractivity contribution is 5.85. The molecule has 1 N–H and O–H groups in total. The standard InChI is InChI=1S/C13H19N.ClH/c1-10(2)11-5-7-12(8-6-11)13-4-3-9-14-13;/h5-8,10,13-14H,3-4,9H2,1-2H3;1H. The maximum Gasteiger partial charge on any atom is 0.0320 e. The van der Waals surface area contributed by atoms with Crippen molar-refractivity contribution in [1.82, 2.24) is 5.32 Å². The van der Waals surface area contributed by atoms with Crippen molar-refractivity contribution in [2.24, 2.45) is 0 Å². The molecule has 0 spiro atoms. The maximum absolute atomic E-state index is 3.52. The monoisotopic (exact) mass is 225 g/mol. The smallest absolute Gasteiger partial charge is 0.0320 e. The summed E-state index contributed by atoms with van der Waals surface area (Å²) in [6.45, 7) is 5.66. The first-order valence-corrected chi connectivity index (χ1v) is 5.60. The largest absolute Gasteiger partial charge is 0.310 e. The van der Waals surface area contributed by atoms with E-state index in [1.165, 1.54) is 30.5 Å². The van der Waals surface area contributed by atoms with Crippen LogP contribution in [0.2, 0.25) is 0 Å². The molecule has 1 heterocycles. The van der Waals surface area contributed by atoms with Gasteiger partial charge >= 0.3 is 0 Å². The zero-order valence-electron chi connectivity index (χ0n) is 9.49. The van der Waals surface area contributed by atoms with Crippen molar-refractivity contribution in [3.05, 3.63) is 35.4 Å². The molecule has 1 aliphatic heterocycles. The van der Waals surface area contributed by atoms with Crippen molar-refractivity contribution in [3.63, 3.8) is 0 Å². The Morgan fingerprint density at radius 2 is 1.87 bits per heavy atom. The Morgan fingerprint density at radius 1 is 1.20 bits per heavy atom. The first-order chi connectivity index (χ1) is 6.77. The average molecular weight is 226 g/mol. The number of nitrogens with one attached hydrogen (secondary N) is 1. The molecule has 1 aromatic rings. The van der Waals surface area contributed by atoms with E-state index in [0.717, 1.165) is 0 Å². The van der Waals surface area contributed by atoms with Gasteiger partial charge in [-0.25, -0.2) is 0 Å². The molecule has 1 atom stereocenters. The fourth-order valence-electron chi connectivity index (χ4n) is 2.08. The topological polar surface area (TPSA) is 12.0 Å². The van der Waals surface area contributed by atoms with Crippen LogP contribution in [-0.2, 0) is 0 Å². The summed E-state index contributed by atoms with van der Waals surface area (Å²) in [5, 5.41) is 3.52. The van der Waals surface area contributed by atoms with E-state index in [0.29, 0.717) is 12.0 Å². The third-order valence-corrected chi connectivity index (χ3v) is 3.07. The molecule has 84 valence electrons. The molecule has 1 aromatic carbocycles. The van der Waals surface area contributed by atoms with Gasteiger partial charge in [0, 0.05) is 6.04 Å². The summed E-state index contributed by atoms with van der Waals surface area (Å²) in [5.74, 6) is 0.639. The first-order valence-electron chi connectivity index (χ1n) is 5.60. The lowest BCUT2D eigenvalue weighted by Gasteiger charge is -2.12. The number of halogens is 1. The minimum atomic E-state index is 0. The van der Waals surface area contributed by atoms with Gasteiger partial charge in [0.1, 0.15) is 0 Å². The summed E-state index contributed by atoms with van der Waals surface area (Å²) >= 11 is 0. The SMILES string of the molecule is CC(C)c1ccc(C2CCCN2)cc1.Cl. The van der Waals surface area contributed by atoms with Gasteiger partial charge in [-0.05, 0) is 36.4 Å². The van der Waals surface area contributed by atoms with Crippen molar-refractivity contribution in [3.8, 4) is 0 Å². The molecule has 15 heavy (non-hydrogen) atoms. The highest BCUT2D eigenvalue weighted by atomic mass is 35.5. The Labute approximate surface area is 98.7 Å². The molecule has 1 nitrogen and oxygen atoms in total. The highest BCUT2D eigenvalue weighted by Crippen LogP contribution is 2.24. The van der Waals surface area contributed by atoms with Crippen LogP contribution < -0.4 is 5.32 Å². The third kappa shape index (κ3) is 2.96. The van der Waals surface area contributed by atoms with Crippen molar-refractivity contribution in [1.29, 1.82) is 0 Å². The summed E-state index contributed by atoms with van der Waals surface area (Å²) in [6, 6.07) is 9.69. The molecular formula is C13H20ClN. The van der Waals surface area contributed by atoms with Crippen molar-refractivity contribution >= 4 is 12.4 Å². The van der Waals surface area contributed by atoms with Crippen molar-refractivity contribution in [2.75, 3.05) is 6.54 Å². The van der Waals surface area contributed by atoms with Gasteiger partial charge in [-0.1, -0.05) is 38.1 Å². The van der Waals surface area contributed by atoms with Gasteiger partial charge in [0.05, 0.1) is 0 Å². The minimum absolute atomic E-state index is 0. The van der Waals surface area contributed by atoms with E-state index in [9.17, 15) is 0 Å². The molecule has 0 aliphatic carbocycles. The molecule has 2 rings (SSSR count). The quantitative estimate of drug-likeness (QED) is 0.810. The van der Waals surface area contributed by atoms with Crippen LogP contribution in [0.25, 0.3) is 0 Å². The lowest BCUT2D eigenvalue weighted by Crippen LogP contribution is -2.12. The normalized spacial score (nSPS) is 20.3. The number of hydrogen-bond acceptors (Lipinski definition) is 1. The van der Waals surface area contributed by atoms with Crippen molar-refractivity contribution < 1.29 is 0 Å². The maximum atomic E-state index is 3.52. The van der Waals surface area contributed by atoms with Crippen LogP contribution in [0.1, 0.15) is 49.8 Å². The molecule has 0 bridgehead atoms.